The summed E-state index contributed by atoms with van der Waals surface area (Å²) in [6.45, 7) is 0.426. The molecule has 0 N–H and O–H groups in total. The zero-order valence-electron chi connectivity index (χ0n) is 9.40. The van der Waals surface area contributed by atoms with E-state index < -0.39 is 6.95 Å². The second-order valence-electron chi connectivity index (χ2n) is 3.07. The quantitative estimate of drug-likeness (QED) is 0.588. The van der Waals surface area contributed by atoms with Crippen LogP contribution in [0.1, 0.15) is 12.5 Å². The summed E-state index contributed by atoms with van der Waals surface area (Å²) in [7, 11) is 0. The smallest absolute Gasteiger partial charge is 0.413 e. The summed E-state index contributed by atoms with van der Waals surface area (Å²) < 4.78 is 21.5. The fourth-order valence-electron chi connectivity index (χ4n) is 1.21. The summed E-state index contributed by atoms with van der Waals surface area (Å²) in [6.07, 6.45) is 2.00. The highest BCUT2D eigenvalue weighted by Crippen LogP contribution is 2.53. The van der Waals surface area contributed by atoms with Crippen molar-refractivity contribution < 1.29 is 13.6 Å². The van der Waals surface area contributed by atoms with E-state index in [-0.39, 0.29) is 6.61 Å². The molecule has 0 radical (unpaired) electrons. The molecule has 1 aromatic carbocycles. The van der Waals surface area contributed by atoms with Crippen LogP contribution < -0.4 is 4.52 Å². The molecule has 1 atom stereocenters. The van der Waals surface area contributed by atoms with Gasteiger partial charge >= 0.3 is 6.95 Å². The molecule has 6 heteroatoms. The van der Waals surface area contributed by atoms with Gasteiger partial charge in [-0.25, -0.2) is 4.57 Å². The van der Waals surface area contributed by atoms with Gasteiger partial charge in [0.1, 0.15) is 5.75 Å². The van der Waals surface area contributed by atoms with Gasteiger partial charge in [0.05, 0.1) is 6.61 Å². The lowest BCUT2D eigenvalue weighted by atomic mass is 10.2. The highest BCUT2D eigenvalue weighted by Gasteiger charge is 2.21. The average Bonchev–Trinajstić information content (AvgIpc) is 2.17. The first kappa shape index (κ1) is 13.9. The Hall–Kier alpha value is -0.150. The fraction of sp³-hybridized carbons (Fsp3) is 0.400. The number of halogens is 1. The van der Waals surface area contributed by atoms with E-state index in [1.54, 1.807) is 30.8 Å². The third-order valence-corrected chi connectivity index (χ3v) is 4.26. The van der Waals surface area contributed by atoms with Gasteiger partial charge in [-0.1, -0.05) is 0 Å². The van der Waals surface area contributed by atoms with E-state index >= 15 is 0 Å². The van der Waals surface area contributed by atoms with Gasteiger partial charge in [-0.3, -0.25) is 4.52 Å². The van der Waals surface area contributed by atoms with E-state index in [9.17, 15) is 4.57 Å². The molecular formula is C10H14ClO3PS. The molecule has 0 amide bonds. The normalized spacial score (nSPS) is 14.5. The summed E-state index contributed by atoms with van der Waals surface area (Å²) in [5.74, 6) is 0.460. The molecule has 1 unspecified atom stereocenters. The Morgan fingerprint density at radius 1 is 1.50 bits per heavy atom. The van der Waals surface area contributed by atoms with Crippen LogP contribution in [0.3, 0.4) is 0 Å². The number of benzene rings is 1. The zero-order chi connectivity index (χ0) is 12.2. The standard InChI is InChI=1S/C10H14ClO3PS/c1-4-13-15(11,12)14-9-5-6-10(16-3)8(2)7-9/h5-7H,4H2,1-3H3. The van der Waals surface area contributed by atoms with Crippen molar-refractivity contribution in [1.82, 2.24) is 0 Å². The molecule has 0 aliphatic carbocycles. The molecule has 0 bridgehead atoms. The lowest BCUT2D eigenvalue weighted by molar-refractivity contribution is 0.294. The molecule has 0 fully saturated rings. The van der Waals surface area contributed by atoms with Crippen LogP contribution in [-0.2, 0) is 9.09 Å². The van der Waals surface area contributed by atoms with Gasteiger partial charge < -0.3 is 4.52 Å². The molecule has 0 heterocycles. The summed E-state index contributed by atoms with van der Waals surface area (Å²) in [6, 6.07) is 5.42. The second-order valence-corrected chi connectivity index (χ2v) is 6.46. The lowest BCUT2D eigenvalue weighted by Gasteiger charge is -2.12. The van der Waals surface area contributed by atoms with Crippen molar-refractivity contribution in [2.75, 3.05) is 12.9 Å². The van der Waals surface area contributed by atoms with E-state index in [0.29, 0.717) is 5.75 Å². The highest BCUT2D eigenvalue weighted by atomic mass is 35.7. The van der Waals surface area contributed by atoms with Crippen LogP contribution in [-0.4, -0.2) is 12.9 Å². The molecule has 1 rings (SSSR count). The van der Waals surface area contributed by atoms with Crippen LogP contribution in [0.25, 0.3) is 0 Å². The Labute approximate surface area is 105 Å². The van der Waals surface area contributed by atoms with E-state index in [1.165, 1.54) is 0 Å². The number of thioether (sulfide) groups is 1. The second kappa shape index (κ2) is 5.97. The molecule has 0 saturated heterocycles. The third-order valence-electron chi connectivity index (χ3n) is 1.86. The average molecular weight is 281 g/mol. The van der Waals surface area contributed by atoms with Crippen LogP contribution in [0.4, 0.5) is 0 Å². The first-order chi connectivity index (χ1) is 7.48. The Balaban J connectivity index is 2.83. The van der Waals surface area contributed by atoms with E-state index in [1.807, 2.05) is 19.2 Å². The lowest BCUT2D eigenvalue weighted by Crippen LogP contribution is -1.93. The SMILES string of the molecule is CCOP(=O)(Cl)Oc1ccc(SC)c(C)c1. The summed E-state index contributed by atoms with van der Waals surface area (Å²) in [5.41, 5.74) is 1.05. The number of rotatable bonds is 5. The van der Waals surface area contributed by atoms with E-state index in [0.717, 1.165) is 10.5 Å². The third kappa shape index (κ3) is 4.02. The Morgan fingerprint density at radius 3 is 2.69 bits per heavy atom. The van der Waals surface area contributed by atoms with Gasteiger partial charge in [0.2, 0.25) is 0 Å². The molecule has 0 saturated carbocycles. The minimum Gasteiger partial charge on any atom is -0.413 e. The maximum absolute atomic E-state index is 11.6. The van der Waals surface area contributed by atoms with Crippen molar-refractivity contribution in [3.8, 4) is 5.75 Å². The van der Waals surface area contributed by atoms with Crippen molar-refractivity contribution in [2.24, 2.45) is 0 Å². The molecule has 3 nitrogen and oxygen atoms in total. The summed E-state index contributed by atoms with van der Waals surface area (Å²) in [5, 5.41) is 0. The number of aryl methyl sites for hydroxylation is 1. The van der Waals surface area contributed by atoms with Crippen molar-refractivity contribution in [1.29, 1.82) is 0 Å². The number of hydrogen-bond donors (Lipinski definition) is 0. The largest absolute Gasteiger partial charge is 0.476 e. The highest BCUT2D eigenvalue weighted by molar-refractivity contribution is 7.98. The van der Waals surface area contributed by atoms with Crippen LogP contribution in [0.5, 0.6) is 5.75 Å². The molecule has 0 spiro atoms. The Bertz CT molecular complexity index is 411. The minimum atomic E-state index is -3.49. The van der Waals surface area contributed by atoms with Gasteiger partial charge in [-0.2, -0.15) is 0 Å². The van der Waals surface area contributed by atoms with Gasteiger partial charge in [0, 0.05) is 16.1 Å². The Kier molecular flexibility index (Phi) is 5.19. The molecular weight excluding hydrogens is 267 g/mol. The maximum atomic E-state index is 11.6. The zero-order valence-corrected chi connectivity index (χ0v) is 11.9. The van der Waals surface area contributed by atoms with Crippen LogP contribution in [0.2, 0.25) is 0 Å². The van der Waals surface area contributed by atoms with Gasteiger partial charge in [0.15, 0.2) is 0 Å². The van der Waals surface area contributed by atoms with Crippen LogP contribution in [0.15, 0.2) is 23.1 Å². The topological polar surface area (TPSA) is 35.5 Å². The summed E-state index contributed by atoms with van der Waals surface area (Å²) >= 11 is 7.25. The minimum absolute atomic E-state index is 0.253. The Morgan fingerprint density at radius 2 is 2.19 bits per heavy atom. The molecule has 0 aliphatic rings. The first-order valence-corrected chi connectivity index (χ1v) is 8.44. The molecule has 1 aromatic rings. The molecule has 0 aromatic heterocycles. The van der Waals surface area contributed by atoms with Gasteiger partial charge in [-0.15, -0.1) is 11.8 Å². The van der Waals surface area contributed by atoms with Crippen molar-refractivity contribution >= 4 is 30.0 Å². The first-order valence-electron chi connectivity index (χ1n) is 4.77. The van der Waals surface area contributed by atoms with Crippen LogP contribution in [0, 0.1) is 6.92 Å². The van der Waals surface area contributed by atoms with Crippen molar-refractivity contribution in [3.63, 3.8) is 0 Å². The van der Waals surface area contributed by atoms with Gasteiger partial charge in [0.25, 0.3) is 0 Å². The number of hydrogen-bond acceptors (Lipinski definition) is 4. The molecule has 90 valence electrons. The van der Waals surface area contributed by atoms with Crippen molar-refractivity contribution in [3.05, 3.63) is 23.8 Å². The van der Waals surface area contributed by atoms with Gasteiger partial charge in [-0.05, 0) is 43.9 Å². The predicted octanol–water partition coefficient (Wildman–Crippen LogP) is 4.48. The molecule has 16 heavy (non-hydrogen) atoms. The maximum Gasteiger partial charge on any atom is 0.476 e. The summed E-state index contributed by atoms with van der Waals surface area (Å²) in [4.78, 5) is 1.15. The molecule has 0 aliphatic heterocycles. The van der Waals surface area contributed by atoms with E-state index in [2.05, 4.69) is 0 Å². The predicted molar refractivity (Wildman–Crippen MR) is 68.7 cm³/mol. The van der Waals surface area contributed by atoms with Crippen LogP contribution >= 0.6 is 30.0 Å². The van der Waals surface area contributed by atoms with Crippen molar-refractivity contribution in [2.45, 2.75) is 18.7 Å². The van der Waals surface area contributed by atoms with E-state index in [4.69, 9.17) is 20.3 Å². The fourth-order valence-corrected chi connectivity index (χ4v) is 3.06. The monoisotopic (exact) mass is 280 g/mol.